The van der Waals surface area contributed by atoms with E-state index in [0.717, 1.165) is 17.9 Å². The summed E-state index contributed by atoms with van der Waals surface area (Å²) in [7, 11) is 0. The molecule has 0 aliphatic carbocycles. The molecular formula is C12H16N2OS. The minimum absolute atomic E-state index is 0.606. The zero-order chi connectivity index (χ0) is 12.0. The van der Waals surface area contributed by atoms with Crippen molar-refractivity contribution in [3.63, 3.8) is 0 Å². The van der Waals surface area contributed by atoms with Gasteiger partial charge in [-0.05, 0) is 25.0 Å². The lowest BCUT2D eigenvalue weighted by atomic mass is 10.0. The molecule has 4 heteroatoms. The number of rotatable bonds is 5. The number of hydrogen-bond donors (Lipinski definition) is 1. The molecule has 0 fully saturated rings. The van der Waals surface area contributed by atoms with Crippen molar-refractivity contribution in [1.82, 2.24) is 4.98 Å². The number of pyridine rings is 1. The Bertz CT molecular complexity index is 383. The summed E-state index contributed by atoms with van der Waals surface area (Å²) in [6.45, 7) is 3.95. The maximum atomic E-state index is 10.1. The lowest BCUT2D eigenvalue weighted by molar-refractivity contribution is 0.0571. The first-order valence-corrected chi connectivity index (χ1v) is 6.33. The number of aliphatic hydroxyl groups is 1. The average Bonchev–Trinajstić information content (AvgIpc) is 2.36. The standard InChI is InChI=1S/C12H16N2OS/c1-3-12(15,4-2)9-16-11-7-10(8-13)5-6-14-11/h5-7,15H,3-4,9H2,1-2H3. The van der Waals surface area contributed by atoms with E-state index in [2.05, 4.69) is 11.1 Å². The fourth-order valence-corrected chi connectivity index (χ4v) is 2.39. The second kappa shape index (κ2) is 5.88. The molecule has 0 amide bonds. The molecule has 1 N–H and O–H groups in total. The fourth-order valence-electron chi connectivity index (χ4n) is 1.22. The van der Waals surface area contributed by atoms with Gasteiger partial charge in [-0.3, -0.25) is 0 Å². The van der Waals surface area contributed by atoms with Gasteiger partial charge in [-0.15, -0.1) is 11.8 Å². The number of hydrogen-bond acceptors (Lipinski definition) is 4. The summed E-state index contributed by atoms with van der Waals surface area (Å²) in [5, 5.41) is 19.6. The molecule has 0 saturated heterocycles. The summed E-state index contributed by atoms with van der Waals surface area (Å²) in [6.07, 6.45) is 3.08. The Morgan fingerprint density at radius 1 is 1.50 bits per heavy atom. The maximum absolute atomic E-state index is 10.1. The smallest absolute Gasteiger partial charge is 0.0993 e. The van der Waals surface area contributed by atoms with Gasteiger partial charge in [0.05, 0.1) is 22.3 Å². The number of thioether (sulfide) groups is 1. The predicted molar refractivity (Wildman–Crippen MR) is 65.2 cm³/mol. The second-order valence-corrected chi connectivity index (χ2v) is 4.71. The van der Waals surface area contributed by atoms with Gasteiger partial charge < -0.3 is 5.11 Å². The van der Waals surface area contributed by atoms with E-state index in [0.29, 0.717) is 11.3 Å². The molecule has 86 valence electrons. The minimum atomic E-state index is -0.630. The lowest BCUT2D eigenvalue weighted by Gasteiger charge is -2.24. The van der Waals surface area contributed by atoms with Gasteiger partial charge in [0.25, 0.3) is 0 Å². The van der Waals surface area contributed by atoms with E-state index in [9.17, 15) is 5.11 Å². The summed E-state index contributed by atoms with van der Waals surface area (Å²) in [5.41, 5.74) is -0.0244. The number of nitriles is 1. The maximum Gasteiger partial charge on any atom is 0.0993 e. The second-order valence-electron chi connectivity index (χ2n) is 3.71. The van der Waals surface area contributed by atoms with Crippen molar-refractivity contribution in [2.75, 3.05) is 5.75 Å². The Morgan fingerprint density at radius 3 is 2.75 bits per heavy atom. The van der Waals surface area contributed by atoms with Gasteiger partial charge in [0.2, 0.25) is 0 Å². The molecule has 1 aromatic rings. The van der Waals surface area contributed by atoms with Crippen molar-refractivity contribution < 1.29 is 5.11 Å². The highest BCUT2D eigenvalue weighted by Crippen LogP contribution is 2.25. The Kier molecular flexibility index (Phi) is 4.78. The Morgan fingerprint density at radius 2 is 2.19 bits per heavy atom. The Labute approximate surface area is 101 Å². The van der Waals surface area contributed by atoms with Crippen LogP contribution in [0.15, 0.2) is 23.4 Å². The highest BCUT2D eigenvalue weighted by Gasteiger charge is 2.22. The SMILES string of the molecule is CCC(O)(CC)CSc1cc(C#N)ccn1. The third-order valence-electron chi connectivity index (χ3n) is 2.67. The molecule has 0 aliphatic rings. The van der Waals surface area contributed by atoms with Gasteiger partial charge >= 0.3 is 0 Å². The van der Waals surface area contributed by atoms with Crippen molar-refractivity contribution in [3.8, 4) is 6.07 Å². The topological polar surface area (TPSA) is 56.9 Å². The molecule has 0 aliphatic heterocycles. The van der Waals surface area contributed by atoms with Gasteiger partial charge in [-0.25, -0.2) is 4.98 Å². The first-order valence-electron chi connectivity index (χ1n) is 5.35. The molecule has 0 unspecified atom stereocenters. The van der Waals surface area contributed by atoms with Crippen LogP contribution in [0.2, 0.25) is 0 Å². The highest BCUT2D eigenvalue weighted by molar-refractivity contribution is 7.99. The molecule has 1 aromatic heterocycles. The molecule has 1 rings (SSSR count). The van der Waals surface area contributed by atoms with Crippen LogP contribution >= 0.6 is 11.8 Å². The van der Waals surface area contributed by atoms with Crippen LogP contribution in [0.4, 0.5) is 0 Å². The first-order chi connectivity index (χ1) is 7.63. The van der Waals surface area contributed by atoms with Gasteiger partial charge in [0.1, 0.15) is 0 Å². The molecule has 0 bridgehead atoms. The van der Waals surface area contributed by atoms with Crippen LogP contribution in [0.5, 0.6) is 0 Å². The van der Waals surface area contributed by atoms with E-state index in [1.165, 1.54) is 11.8 Å². The Hall–Kier alpha value is -1.05. The van der Waals surface area contributed by atoms with Gasteiger partial charge in [-0.2, -0.15) is 5.26 Å². The minimum Gasteiger partial charge on any atom is -0.389 e. The third-order valence-corrected chi connectivity index (χ3v) is 3.87. The molecule has 16 heavy (non-hydrogen) atoms. The van der Waals surface area contributed by atoms with Crippen molar-refractivity contribution in [2.45, 2.75) is 37.3 Å². The zero-order valence-corrected chi connectivity index (χ0v) is 10.4. The molecular weight excluding hydrogens is 220 g/mol. The largest absolute Gasteiger partial charge is 0.389 e. The monoisotopic (exact) mass is 236 g/mol. The molecule has 1 heterocycles. The summed E-state index contributed by atoms with van der Waals surface area (Å²) in [5.74, 6) is 0.613. The van der Waals surface area contributed by atoms with Crippen molar-refractivity contribution in [2.24, 2.45) is 0 Å². The highest BCUT2D eigenvalue weighted by atomic mass is 32.2. The van der Waals surface area contributed by atoms with Crippen LogP contribution in [-0.2, 0) is 0 Å². The molecule has 0 spiro atoms. The van der Waals surface area contributed by atoms with Crippen LogP contribution < -0.4 is 0 Å². The fraction of sp³-hybridized carbons (Fsp3) is 0.500. The molecule has 3 nitrogen and oxygen atoms in total. The van der Waals surface area contributed by atoms with Crippen LogP contribution in [0.1, 0.15) is 32.3 Å². The predicted octanol–water partition coefficient (Wildman–Crippen LogP) is 2.60. The number of nitrogens with zero attached hydrogens (tertiary/aromatic N) is 2. The third kappa shape index (κ3) is 3.51. The molecule has 0 aromatic carbocycles. The van der Waals surface area contributed by atoms with Crippen LogP contribution in [0.25, 0.3) is 0 Å². The van der Waals surface area contributed by atoms with Gasteiger partial charge in [0, 0.05) is 11.9 Å². The van der Waals surface area contributed by atoms with Gasteiger partial charge in [-0.1, -0.05) is 13.8 Å². The normalized spacial score (nSPS) is 11.1. The Balaban J connectivity index is 2.64. The summed E-state index contributed by atoms with van der Waals surface area (Å²) >= 11 is 1.49. The van der Waals surface area contributed by atoms with E-state index in [1.807, 2.05) is 13.8 Å². The van der Waals surface area contributed by atoms with Crippen molar-refractivity contribution in [1.29, 1.82) is 5.26 Å². The first kappa shape index (κ1) is 13.0. The average molecular weight is 236 g/mol. The van der Waals surface area contributed by atoms with Crippen molar-refractivity contribution in [3.05, 3.63) is 23.9 Å². The quantitative estimate of drug-likeness (QED) is 0.798. The molecule has 0 radical (unpaired) electrons. The van der Waals surface area contributed by atoms with E-state index in [4.69, 9.17) is 5.26 Å². The van der Waals surface area contributed by atoms with E-state index >= 15 is 0 Å². The zero-order valence-electron chi connectivity index (χ0n) is 9.60. The lowest BCUT2D eigenvalue weighted by Crippen LogP contribution is -2.29. The summed E-state index contributed by atoms with van der Waals surface area (Å²) < 4.78 is 0. The van der Waals surface area contributed by atoms with Crippen LogP contribution in [0.3, 0.4) is 0 Å². The van der Waals surface area contributed by atoms with Crippen LogP contribution in [0, 0.1) is 11.3 Å². The number of aromatic nitrogens is 1. The summed E-state index contributed by atoms with van der Waals surface area (Å²) in [4.78, 5) is 4.16. The van der Waals surface area contributed by atoms with E-state index < -0.39 is 5.60 Å². The summed E-state index contributed by atoms with van der Waals surface area (Å²) in [6, 6.07) is 5.50. The van der Waals surface area contributed by atoms with E-state index in [-0.39, 0.29) is 0 Å². The van der Waals surface area contributed by atoms with Crippen molar-refractivity contribution >= 4 is 11.8 Å². The molecule has 0 saturated carbocycles. The molecule has 0 atom stereocenters. The van der Waals surface area contributed by atoms with Gasteiger partial charge in [0.15, 0.2) is 0 Å². The van der Waals surface area contributed by atoms with E-state index in [1.54, 1.807) is 18.3 Å². The van der Waals surface area contributed by atoms with Crippen LogP contribution in [-0.4, -0.2) is 21.4 Å².